The maximum Gasteiger partial charge on any atom is 0.326 e. The Labute approximate surface area is 124 Å². The van der Waals surface area contributed by atoms with Gasteiger partial charge in [0, 0.05) is 23.1 Å². The number of sulfone groups is 1. The van der Waals surface area contributed by atoms with Crippen molar-refractivity contribution in [2.24, 2.45) is 0 Å². The normalized spacial score (nSPS) is 12.7. The molecule has 0 fully saturated rings. The molecule has 0 bridgehead atoms. The lowest BCUT2D eigenvalue weighted by Crippen LogP contribution is -2.41. The van der Waals surface area contributed by atoms with Gasteiger partial charge in [-0.25, -0.2) is 13.2 Å². The molecular formula is C11H13BrN2O5S. The Balaban J connectivity index is 2.75. The van der Waals surface area contributed by atoms with Gasteiger partial charge in [-0.05, 0) is 28.4 Å². The molecule has 1 rings (SSSR count). The molecule has 0 spiro atoms. The average molecular weight is 365 g/mol. The molecular weight excluding hydrogens is 352 g/mol. The largest absolute Gasteiger partial charge is 0.480 e. The summed E-state index contributed by atoms with van der Waals surface area (Å²) in [6.45, 7) is 0. The number of pyridine rings is 1. The van der Waals surface area contributed by atoms with Crippen LogP contribution in [0.3, 0.4) is 0 Å². The summed E-state index contributed by atoms with van der Waals surface area (Å²) in [6.07, 6.45) is 3.58. The maximum absolute atomic E-state index is 11.9. The first-order valence-electron chi connectivity index (χ1n) is 5.51. The van der Waals surface area contributed by atoms with Crippen molar-refractivity contribution in [3.05, 3.63) is 28.5 Å². The first kappa shape index (κ1) is 16.6. The fraction of sp³-hybridized carbons (Fsp3) is 0.364. The summed E-state index contributed by atoms with van der Waals surface area (Å²) < 4.78 is 22.7. The van der Waals surface area contributed by atoms with Crippen LogP contribution in [0.25, 0.3) is 0 Å². The van der Waals surface area contributed by atoms with Crippen LogP contribution in [0, 0.1) is 0 Å². The summed E-state index contributed by atoms with van der Waals surface area (Å²) in [5, 5.41) is 11.3. The van der Waals surface area contributed by atoms with E-state index < -0.39 is 27.8 Å². The van der Waals surface area contributed by atoms with Crippen LogP contribution in [-0.4, -0.2) is 48.4 Å². The smallest absolute Gasteiger partial charge is 0.326 e. The fourth-order valence-electron chi connectivity index (χ4n) is 1.37. The molecule has 1 heterocycles. The van der Waals surface area contributed by atoms with Gasteiger partial charge in [0.1, 0.15) is 15.9 Å². The molecule has 1 atom stereocenters. The summed E-state index contributed by atoms with van der Waals surface area (Å²) in [4.78, 5) is 26.7. The van der Waals surface area contributed by atoms with Gasteiger partial charge in [-0.15, -0.1) is 0 Å². The number of hydrogen-bond acceptors (Lipinski definition) is 5. The zero-order valence-electron chi connectivity index (χ0n) is 10.5. The van der Waals surface area contributed by atoms with Crippen molar-refractivity contribution in [3.8, 4) is 0 Å². The van der Waals surface area contributed by atoms with Gasteiger partial charge in [-0.3, -0.25) is 9.78 Å². The number of aliphatic carboxylic acids is 1. The van der Waals surface area contributed by atoms with Crippen LogP contribution in [0.4, 0.5) is 0 Å². The SMILES string of the molecule is CS(=O)(=O)CCC(NC(=O)c1cncc(Br)c1)C(=O)O. The van der Waals surface area contributed by atoms with Crippen molar-refractivity contribution < 1.29 is 23.1 Å². The van der Waals surface area contributed by atoms with Crippen molar-refractivity contribution in [1.29, 1.82) is 0 Å². The Morgan fingerprint density at radius 3 is 2.60 bits per heavy atom. The lowest BCUT2D eigenvalue weighted by Gasteiger charge is -2.13. The van der Waals surface area contributed by atoms with E-state index >= 15 is 0 Å². The maximum atomic E-state index is 11.9. The van der Waals surface area contributed by atoms with Crippen LogP contribution in [0.15, 0.2) is 22.9 Å². The average Bonchev–Trinajstić information content (AvgIpc) is 2.32. The fourth-order valence-corrected chi connectivity index (χ4v) is 2.40. The minimum atomic E-state index is -3.29. The molecule has 0 saturated heterocycles. The Hall–Kier alpha value is -1.48. The van der Waals surface area contributed by atoms with E-state index in [1.165, 1.54) is 18.5 Å². The number of carboxylic acid groups (broad SMARTS) is 1. The number of amides is 1. The molecule has 9 heteroatoms. The first-order chi connectivity index (χ1) is 9.19. The minimum absolute atomic E-state index is 0.185. The second-order valence-electron chi connectivity index (χ2n) is 4.17. The number of hydrogen-bond donors (Lipinski definition) is 2. The predicted octanol–water partition coefficient (Wildman–Crippen LogP) is 0.462. The van der Waals surface area contributed by atoms with Gasteiger partial charge in [0.15, 0.2) is 0 Å². The third-order valence-electron chi connectivity index (χ3n) is 2.35. The van der Waals surface area contributed by atoms with Gasteiger partial charge in [0.2, 0.25) is 0 Å². The molecule has 0 radical (unpaired) electrons. The summed E-state index contributed by atoms with van der Waals surface area (Å²) >= 11 is 3.14. The van der Waals surface area contributed by atoms with Gasteiger partial charge < -0.3 is 10.4 Å². The number of carbonyl (C=O) groups excluding carboxylic acids is 1. The summed E-state index contributed by atoms with van der Waals surface area (Å²) in [7, 11) is -3.29. The van der Waals surface area contributed by atoms with Crippen molar-refractivity contribution in [2.75, 3.05) is 12.0 Å². The second-order valence-corrected chi connectivity index (χ2v) is 7.35. The molecule has 2 N–H and O–H groups in total. The zero-order chi connectivity index (χ0) is 15.3. The lowest BCUT2D eigenvalue weighted by atomic mass is 10.2. The van der Waals surface area contributed by atoms with E-state index in [-0.39, 0.29) is 17.7 Å². The topological polar surface area (TPSA) is 113 Å². The molecule has 0 aliphatic rings. The van der Waals surface area contributed by atoms with Gasteiger partial charge in [0.05, 0.1) is 11.3 Å². The lowest BCUT2D eigenvalue weighted by molar-refractivity contribution is -0.139. The number of carbonyl (C=O) groups is 2. The van der Waals surface area contributed by atoms with E-state index in [9.17, 15) is 18.0 Å². The van der Waals surface area contributed by atoms with Crippen LogP contribution in [0.1, 0.15) is 16.8 Å². The number of carboxylic acids is 1. The van der Waals surface area contributed by atoms with E-state index in [1.54, 1.807) is 0 Å². The van der Waals surface area contributed by atoms with E-state index in [0.717, 1.165) is 6.26 Å². The third-order valence-corrected chi connectivity index (χ3v) is 3.76. The molecule has 1 amide bonds. The Kier molecular flexibility index (Phi) is 5.63. The van der Waals surface area contributed by atoms with E-state index in [0.29, 0.717) is 4.47 Å². The zero-order valence-corrected chi connectivity index (χ0v) is 12.9. The third kappa shape index (κ3) is 5.66. The monoisotopic (exact) mass is 364 g/mol. The molecule has 110 valence electrons. The molecule has 1 aromatic rings. The Morgan fingerprint density at radius 1 is 1.45 bits per heavy atom. The summed E-state index contributed by atoms with van der Waals surface area (Å²) in [5.41, 5.74) is 0.185. The molecule has 0 aliphatic heterocycles. The van der Waals surface area contributed by atoms with Gasteiger partial charge in [0.25, 0.3) is 5.91 Å². The quantitative estimate of drug-likeness (QED) is 0.757. The second kappa shape index (κ2) is 6.80. The number of halogens is 1. The number of nitrogens with one attached hydrogen (secondary N) is 1. The van der Waals surface area contributed by atoms with Gasteiger partial charge in [-0.1, -0.05) is 0 Å². The highest BCUT2D eigenvalue weighted by Crippen LogP contribution is 2.10. The molecule has 0 saturated carbocycles. The Morgan fingerprint density at radius 2 is 2.10 bits per heavy atom. The first-order valence-corrected chi connectivity index (χ1v) is 8.36. The van der Waals surface area contributed by atoms with Crippen LogP contribution < -0.4 is 5.32 Å². The van der Waals surface area contributed by atoms with Crippen molar-refractivity contribution in [3.63, 3.8) is 0 Å². The van der Waals surface area contributed by atoms with Crippen LogP contribution in [-0.2, 0) is 14.6 Å². The number of aromatic nitrogens is 1. The molecule has 0 aromatic carbocycles. The highest BCUT2D eigenvalue weighted by molar-refractivity contribution is 9.10. The van der Waals surface area contributed by atoms with E-state index in [1.807, 2.05) is 0 Å². The van der Waals surface area contributed by atoms with Crippen molar-refractivity contribution in [1.82, 2.24) is 10.3 Å². The van der Waals surface area contributed by atoms with Crippen LogP contribution in [0.5, 0.6) is 0 Å². The molecule has 1 unspecified atom stereocenters. The van der Waals surface area contributed by atoms with Crippen molar-refractivity contribution >= 4 is 37.6 Å². The molecule has 1 aromatic heterocycles. The summed E-state index contributed by atoms with van der Waals surface area (Å²) in [5.74, 6) is -2.23. The van der Waals surface area contributed by atoms with Gasteiger partial charge in [-0.2, -0.15) is 0 Å². The standard InChI is InChI=1S/C11H13BrN2O5S/c1-20(18,19)3-2-9(11(16)17)14-10(15)7-4-8(12)6-13-5-7/h4-6,9H,2-3H2,1H3,(H,14,15)(H,16,17). The minimum Gasteiger partial charge on any atom is -0.480 e. The van der Waals surface area contributed by atoms with Gasteiger partial charge >= 0.3 is 5.97 Å². The highest BCUT2D eigenvalue weighted by atomic mass is 79.9. The highest BCUT2D eigenvalue weighted by Gasteiger charge is 2.22. The molecule has 7 nitrogen and oxygen atoms in total. The number of nitrogens with zero attached hydrogens (tertiary/aromatic N) is 1. The van der Waals surface area contributed by atoms with Crippen LogP contribution >= 0.6 is 15.9 Å². The Bertz CT molecular complexity index is 617. The molecule has 20 heavy (non-hydrogen) atoms. The van der Waals surface area contributed by atoms with E-state index in [2.05, 4.69) is 26.2 Å². The predicted molar refractivity (Wildman–Crippen MR) is 75.2 cm³/mol. The van der Waals surface area contributed by atoms with E-state index in [4.69, 9.17) is 5.11 Å². The molecule has 0 aliphatic carbocycles. The van der Waals surface area contributed by atoms with Crippen molar-refractivity contribution in [2.45, 2.75) is 12.5 Å². The summed E-state index contributed by atoms with van der Waals surface area (Å²) in [6, 6.07) is 0.217. The van der Waals surface area contributed by atoms with Crippen LogP contribution in [0.2, 0.25) is 0 Å². The number of rotatable bonds is 6.